The maximum Gasteiger partial charge on any atom is 0.193 e. The van der Waals surface area contributed by atoms with Gasteiger partial charge in [-0.15, -0.1) is 24.0 Å². The summed E-state index contributed by atoms with van der Waals surface area (Å²) in [5, 5.41) is 4.72. The fraction of sp³-hybridized carbons (Fsp3) is 0.650. The van der Waals surface area contributed by atoms with Gasteiger partial charge in [-0.1, -0.05) is 29.3 Å². The number of nitrogens with zero attached hydrogens (tertiary/aromatic N) is 2. The molecular formula is C20H30Cl2IN3O2. The Bertz CT molecular complexity index is 634. The standard InChI is InChI=1S/C20H29Cl2N3O2.HI/c1-23-20(24-13-15-5-6-16(21)12-19(15)22)25-9-7-17(8-10-25)27-14-18-4-2-3-11-26-18;/h5-6,12,17-18H,2-4,7-11,13-14H2,1H3,(H,23,24);1H. The predicted octanol–water partition coefficient (Wildman–Crippen LogP) is 4.74. The van der Waals surface area contributed by atoms with Crippen molar-refractivity contribution in [2.45, 2.75) is 50.9 Å². The summed E-state index contributed by atoms with van der Waals surface area (Å²) in [6.45, 7) is 4.10. The Labute approximate surface area is 195 Å². The Balaban J connectivity index is 0.00000280. The van der Waals surface area contributed by atoms with Crippen molar-refractivity contribution in [2.75, 3.05) is 33.4 Å². The second kappa shape index (κ2) is 12.4. The molecule has 0 saturated carbocycles. The van der Waals surface area contributed by atoms with Crippen LogP contribution in [0.4, 0.5) is 0 Å². The topological polar surface area (TPSA) is 46.1 Å². The molecule has 2 heterocycles. The molecule has 0 amide bonds. The van der Waals surface area contributed by atoms with Gasteiger partial charge in [0.1, 0.15) is 0 Å². The lowest BCUT2D eigenvalue weighted by Gasteiger charge is -2.35. The Morgan fingerprint density at radius 3 is 2.68 bits per heavy atom. The molecule has 2 aliphatic heterocycles. The van der Waals surface area contributed by atoms with E-state index in [0.29, 0.717) is 22.7 Å². The number of ether oxygens (including phenoxy) is 2. The molecule has 1 aromatic carbocycles. The molecule has 1 aromatic rings. The van der Waals surface area contributed by atoms with Crippen molar-refractivity contribution in [1.82, 2.24) is 10.2 Å². The van der Waals surface area contributed by atoms with E-state index >= 15 is 0 Å². The van der Waals surface area contributed by atoms with Gasteiger partial charge in [0.2, 0.25) is 0 Å². The second-order valence-electron chi connectivity index (χ2n) is 7.14. The highest BCUT2D eigenvalue weighted by Gasteiger charge is 2.23. The molecule has 8 heteroatoms. The second-order valence-corrected chi connectivity index (χ2v) is 7.99. The van der Waals surface area contributed by atoms with Gasteiger partial charge >= 0.3 is 0 Å². The number of nitrogens with one attached hydrogen (secondary N) is 1. The molecule has 5 nitrogen and oxygen atoms in total. The Hall–Kier alpha value is -0.280. The normalized spacial score (nSPS) is 21.3. The van der Waals surface area contributed by atoms with Crippen LogP contribution in [0.15, 0.2) is 23.2 Å². The Morgan fingerprint density at radius 2 is 2.04 bits per heavy atom. The first-order chi connectivity index (χ1) is 13.2. The fourth-order valence-corrected chi connectivity index (χ4v) is 4.06. The number of halogens is 3. The number of benzene rings is 1. The zero-order valence-electron chi connectivity index (χ0n) is 16.3. The smallest absolute Gasteiger partial charge is 0.193 e. The van der Waals surface area contributed by atoms with E-state index in [2.05, 4.69) is 15.2 Å². The van der Waals surface area contributed by atoms with Crippen molar-refractivity contribution in [3.05, 3.63) is 33.8 Å². The predicted molar refractivity (Wildman–Crippen MR) is 126 cm³/mol. The van der Waals surface area contributed by atoms with Crippen LogP contribution in [-0.2, 0) is 16.0 Å². The third kappa shape index (κ3) is 7.20. The van der Waals surface area contributed by atoms with Crippen molar-refractivity contribution in [3.8, 4) is 0 Å². The first-order valence-corrected chi connectivity index (χ1v) is 10.5. The van der Waals surface area contributed by atoms with E-state index in [1.807, 2.05) is 19.2 Å². The van der Waals surface area contributed by atoms with Crippen LogP contribution in [-0.4, -0.2) is 56.4 Å². The molecule has 0 spiro atoms. The number of rotatable bonds is 5. The van der Waals surface area contributed by atoms with Gasteiger partial charge in [-0.05, 0) is 49.8 Å². The molecule has 1 atom stereocenters. The van der Waals surface area contributed by atoms with Crippen molar-refractivity contribution in [3.63, 3.8) is 0 Å². The fourth-order valence-electron chi connectivity index (χ4n) is 3.59. The van der Waals surface area contributed by atoms with Crippen LogP contribution < -0.4 is 5.32 Å². The number of guanidine groups is 1. The number of hydrogen-bond donors (Lipinski definition) is 1. The van der Waals surface area contributed by atoms with Gasteiger partial charge in [0.15, 0.2) is 5.96 Å². The van der Waals surface area contributed by atoms with E-state index in [-0.39, 0.29) is 30.1 Å². The molecule has 28 heavy (non-hydrogen) atoms. The monoisotopic (exact) mass is 541 g/mol. The highest BCUT2D eigenvalue weighted by atomic mass is 127. The molecule has 2 saturated heterocycles. The van der Waals surface area contributed by atoms with Crippen LogP contribution >= 0.6 is 47.2 Å². The zero-order chi connectivity index (χ0) is 19.1. The SMILES string of the molecule is CN=C(NCc1ccc(Cl)cc1Cl)N1CCC(OCC2CCCCO2)CC1.I. The average molecular weight is 542 g/mol. The summed E-state index contributed by atoms with van der Waals surface area (Å²) in [6, 6.07) is 5.56. The summed E-state index contributed by atoms with van der Waals surface area (Å²) >= 11 is 12.2. The molecule has 0 bridgehead atoms. The molecule has 3 rings (SSSR count). The van der Waals surface area contributed by atoms with Gasteiger partial charge in [0.25, 0.3) is 0 Å². The van der Waals surface area contributed by atoms with Crippen LogP contribution in [0.5, 0.6) is 0 Å². The van der Waals surface area contributed by atoms with Crippen molar-refractivity contribution in [2.24, 2.45) is 4.99 Å². The minimum absolute atomic E-state index is 0. The van der Waals surface area contributed by atoms with Gasteiger partial charge in [0.05, 0.1) is 18.8 Å². The Kier molecular flexibility index (Phi) is 10.6. The molecule has 0 aliphatic carbocycles. The van der Waals surface area contributed by atoms with E-state index in [0.717, 1.165) is 57.1 Å². The van der Waals surface area contributed by atoms with E-state index < -0.39 is 0 Å². The van der Waals surface area contributed by atoms with E-state index in [4.69, 9.17) is 32.7 Å². The molecular weight excluding hydrogens is 512 g/mol. The van der Waals surface area contributed by atoms with Crippen LogP contribution in [0.25, 0.3) is 0 Å². The van der Waals surface area contributed by atoms with Crippen molar-refractivity contribution >= 4 is 53.1 Å². The quantitative estimate of drug-likeness (QED) is 0.332. The van der Waals surface area contributed by atoms with E-state index in [9.17, 15) is 0 Å². The van der Waals surface area contributed by atoms with Crippen molar-refractivity contribution < 1.29 is 9.47 Å². The molecule has 2 fully saturated rings. The van der Waals surface area contributed by atoms with Crippen molar-refractivity contribution in [1.29, 1.82) is 0 Å². The summed E-state index contributed by atoms with van der Waals surface area (Å²) in [5.74, 6) is 0.898. The summed E-state index contributed by atoms with van der Waals surface area (Å²) < 4.78 is 11.9. The van der Waals surface area contributed by atoms with Crippen LogP contribution in [0.1, 0.15) is 37.7 Å². The average Bonchev–Trinajstić information content (AvgIpc) is 2.70. The number of aliphatic imine (C=N–C) groups is 1. The minimum Gasteiger partial charge on any atom is -0.376 e. The molecule has 1 N–H and O–H groups in total. The zero-order valence-corrected chi connectivity index (χ0v) is 20.2. The molecule has 1 unspecified atom stereocenters. The van der Waals surface area contributed by atoms with Crippen LogP contribution in [0.3, 0.4) is 0 Å². The summed E-state index contributed by atoms with van der Waals surface area (Å²) in [7, 11) is 1.81. The summed E-state index contributed by atoms with van der Waals surface area (Å²) in [5.41, 5.74) is 1.01. The van der Waals surface area contributed by atoms with Gasteiger partial charge < -0.3 is 19.7 Å². The lowest BCUT2D eigenvalue weighted by atomic mass is 10.1. The molecule has 2 aliphatic rings. The van der Waals surface area contributed by atoms with Crippen LogP contribution in [0, 0.1) is 0 Å². The Morgan fingerprint density at radius 1 is 1.25 bits per heavy atom. The molecule has 158 valence electrons. The first kappa shape index (κ1) is 24.0. The number of hydrogen-bond acceptors (Lipinski definition) is 3. The first-order valence-electron chi connectivity index (χ1n) is 9.78. The van der Waals surface area contributed by atoms with Gasteiger partial charge in [-0.2, -0.15) is 0 Å². The molecule has 0 aromatic heterocycles. The third-order valence-corrected chi connectivity index (χ3v) is 5.78. The number of likely N-dealkylation sites (tertiary alicyclic amines) is 1. The maximum absolute atomic E-state index is 6.26. The van der Waals surface area contributed by atoms with E-state index in [1.54, 1.807) is 6.07 Å². The minimum atomic E-state index is 0. The van der Waals surface area contributed by atoms with Gasteiger partial charge in [-0.25, -0.2) is 0 Å². The van der Waals surface area contributed by atoms with Gasteiger partial charge in [-0.3, -0.25) is 4.99 Å². The molecule has 0 radical (unpaired) electrons. The maximum atomic E-state index is 6.26. The lowest BCUT2D eigenvalue weighted by molar-refractivity contribution is -0.0721. The van der Waals surface area contributed by atoms with E-state index in [1.165, 1.54) is 12.8 Å². The third-order valence-electron chi connectivity index (χ3n) is 5.20. The largest absolute Gasteiger partial charge is 0.376 e. The highest BCUT2D eigenvalue weighted by Crippen LogP contribution is 2.21. The summed E-state index contributed by atoms with van der Waals surface area (Å²) in [4.78, 5) is 6.70. The van der Waals surface area contributed by atoms with Gasteiger partial charge in [0, 0.05) is 43.3 Å². The van der Waals surface area contributed by atoms with Crippen LogP contribution in [0.2, 0.25) is 10.0 Å². The number of piperidine rings is 1. The highest BCUT2D eigenvalue weighted by molar-refractivity contribution is 14.0. The summed E-state index contributed by atoms with van der Waals surface area (Å²) in [6.07, 6.45) is 6.19. The lowest BCUT2D eigenvalue weighted by Crippen LogP contribution is -2.47.